The first-order valence-electron chi connectivity index (χ1n) is 9.44. The third-order valence-corrected chi connectivity index (χ3v) is 4.17. The molecular weight excluding hydrogens is 386 g/mol. The number of ether oxygens (including phenoxy) is 2. The summed E-state index contributed by atoms with van der Waals surface area (Å²) in [5.74, 6) is -0.872. The monoisotopic (exact) mass is 409 g/mol. The molecule has 0 aliphatic heterocycles. The second kappa shape index (κ2) is 11.2. The predicted molar refractivity (Wildman–Crippen MR) is 110 cm³/mol. The topological polar surface area (TPSA) is 109 Å². The van der Waals surface area contributed by atoms with Crippen LogP contribution in [0.5, 0.6) is 5.75 Å². The zero-order valence-electron chi connectivity index (χ0n) is 16.9. The van der Waals surface area contributed by atoms with Gasteiger partial charge < -0.3 is 19.7 Å². The zero-order valence-corrected chi connectivity index (χ0v) is 16.9. The Morgan fingerprint density at radius 2 is 1.60 bits per heavy atom. The maximum Gasteiger partial charge on any atom is 0.344 e. The number of carbonyl (C=O) groups excluding carboxylic acids is 3. The average Bonchev–Trinajstić information content (AvgIpc) is 2.78. The summed E-state index contributed by atoms with van der Waals surface area (Å²) in [7, 11) is 0. The van der Waals surface area contributed by atoms with Gasteiger partial charge in [-0.2, -0.15) is 5.26 Å². The van der Waals surface area contributed by atoms with Crippen LogP contribution in [0.1, 0.15) is 29.8 Å². The third-order valence-electron chi connectivity index (χ3n) is 4.17. The van der Waals surface area contributed by atoms with Crippen LogP contribution >= 0.6 is 0 Å². The van der Waals surface area contributed by atoms with Crippen LogP contribution in [-0.2, 0) is 14.3 Å². The highest BCUT2D eigenvalue weighted by atomic mass is 16.6. The van der Waals surface area contributed by atoms with Gasteiger partial charge in [0, 0.05) is 24.3 Å². The summed E-state index contributed by atoms with van der Waals surface area (Å²) in [6.07, 6.45) is 0. The van der Waals surface area contributed by atoms with Crippen molar-refractivity contribution in [3.8, 4) is 11.8 Å². The molecule has 2 aromatic carbocycles. The number of amides is 2. The molecule has 0 saturated carbocycles. The van der Waals surface area contributed by atoms with Crippen LogP contribution in [0.15, 0.2) is 48.5 Å². The van der Waals surface area contributed by atoms with Gasteiger partial charge in [0.15, 0.2) is 13.2 Å². The van der Waals surface area contributed by atoms with Crippen LogP contribution in [0, 0.1) is 11.3 Å². The van der Waals surface area contributed by atoms with Crippen LogP contribution in [0.2, 0.25) is 0 Å². The lowest BCUT2D eigenvalue weighted by Gasteiger charge is -2.18. The molecule has 8 heteroatoms. The highest BCUT2D eigenvalue weighted by Crippen LogP contribution is 2.13. The van der Waals surface area contributed by atoms with Gasteiger partial charge in [-0.25, -0.2) is 4.79 Å². The summed E-state index contributed by atoms with van der Waals surface area (Å²) in [5, 5.41) is 11.3. The number of nitriles is 1. The molecule has 0 unspecified atom stereocenters. The minimum atomic E-state index is -0.699. The molecule has 0 radical (unpaired) electrons. The Morgan fingerprint density at radius 3 is 2.17 bits per heavy atom. The summed E-state index contributed by atoms with van der Waals surface area (Å²) in [4.78, 5) is 37.6. The molecule has 0 saturated heterocycles. The molecule has 0 aliphatic rings. The van der Waals surface area contributed by atoms with Crippen molar-refractivity contribution in [3.63, 3.8) is 0 Å². The summed E-state index contributed by atoms with van der Waals surface area (Å²) >= 11 is 0. The molecule has 2 rings (SSSR count). The van der Waals surface area contributed by atoms with E-state index in [4.69, 9.17) is 14.7 Å². The Labute approximate surface area is 175 Å². The Morgan fingerprint density at radius 1 is 0.967 bits per heavy atom. The second-order valence-electron chi connectivity index (χ2n) is 6.19. The molecule has 0 bridgehead atoms. The van der Waals surface area contributed by atoms with Crippen molar-refractivity contribution >= 4 is 23.5 Å². The Bertz CT molecular complexity index is 913. The van der Waals surface area contributed by atoms with Gasteiger partial charge in [0.05, 0.1) is 11.6 Å². The smallest absolute Gasteiger partial charge is 0.344 e. The molecule has 2 aromatic rings. The number of anilines is 1. The molecule has 156 valence electrons. The van der Waals surface area contributed by atoms with Gasteiger partial charge in [0.2, 0.25) is 0 Å². The fraction of sp³-hybridized carbons (Fsp3) is 0.273. The summed E-state index contributed by atoms with van der Waals surface area (Å²) in [6.45, 7) is 4.23. The first-order valence-corrected chi connectivity index (χ1v) is 9.44. The number of hydrogen-bond donors (Lipinski definition) is 1. The van der Waals surface area contributed by atoms with E-state index < -0.39 is 18.5 Å². The first kappa shape index (κ1) is 22.4. The van der Waals surface area contributed by atoms with Crippen molar-refractivity contribution in [2.45, 2.75) is 13.8 Å². The number of esters is 1. The van der Waals surface area contributed by atoms with E-state index in [9.17, 15) is 14.4 Å². The van der Waals surface area contributed by atoms with E-state index in [2.05, 4.69) is 5.32 Å². The molecule has 0 atom stereocenters. The molecular formula is C22H23N3O5. The van der Waals surface area contributed by atoms with E-state index in [0.717, 1.165) is 0 Å². The van der Waals surface area contributed by atoms with Crippen LogP contribution < -0.4 is 10.1 Å². The van der Waals surface area contributed by atoms with Crippen molar-refractivity contribution in [2.24, 2.45) is 0 Å². The molecule has 0 heterocycles. The lowest BCUT2D eigenvalue weighted by Crippen LogP contribution is -2.30. The molecule has 30 heavy (non-hydrogen) atoms. The van der Waals surface area contributed by atoms with Crippen molar-refractivity contribution in [2.75, 3.05) is 31.6 Å². The first-order chi connectivity index (χ1) is 14.5. The Hall–Kier alpha value is -3.86. The molecule has 0 aliphatic carbocycles. The summed E-state index contributed by atoms with van der Waals surface area (Å²) < 4.78 is 10.1. The molecule has 1 N–H and O–H groups in total. The molecule has 0 fully saturated rings. The van der Waals surface area contributed by atoms with Crippen LogP contribution in [-0.4, -0.2) is 49.0 Å². The van der Waals surface area contributed by atoms with Crippen molar-refractivity contribution in [1.29, 1.82) is 5.26 Å². The van der Waals surface area contributed by atoms with Gasteiger partial charge in [0.25, 0.3) is 11.8 Å². The number of carbonyl (C=O) groups is 3. The molecule has 2 amide bonds. The SMILES string of the molecule is CCN(CC)C(=O)c1ccc(NC(=O)COC(=O)COc2ccc(C#N)cc2)cc1. The number of hydrogen-bond acceptors (Lipinski definition) is 6. The summed E-state index contributed by atoms with van der Waals surface area (Å²) in [6, 6.07) is 14.7. The van der Waals surface area contributed by atoms with Gasteiger partial charge >= 0.3 is 5.97 Å². The fourth-order valence-electron chi connectivity index (χ4n) is 2.54. The quantitative estimate of drug-likeness (QED) is 0.638. The van der Waals surface area contributed by atoms with E-state index in [1.165, 1.54) is 0 Å². The minimum Gasteiger partial charge on any atom is -0.482 e. The number of benzene rings is 2. The summed E-state index contributed by atoms with van der Waals surface area (Å²) in [5.41, 5.74) is 1.50. The van der Waals surface area contributed by atoms with Crippen LogP contribution in [0.3, 0.4) is 0 Å². The lowest BCUT2D eigenvalue weighted by atomic mass is 10.2. The van der Waals surface area contributed by atoms with E-state index in [-0.39, 0.29) is 12.5 Å². The Balaban J connectivity index is 1.76. The maximum absolute atomic E-state index is 12.3. The van der Waals surface area contributed by atoms with E-state index in [0.29, 0.717) is 35.7 Å². The van der Waals surface area contributed by atoms with Gasteiger partial charge in [-0.15, -0.1) is 0 Å². The zero-order chi connectivity index (χ0) is 21.9. The van der Waals surface area contributed by atoms with Crippen LogP contribution in [0.4, 0.5) is 5.69 Å². The number of nitrogens with zero attached hydrogens (tertiary/aromatic N) is 2. The highest BCUT2D eigenvalue weighted by molar-refractivity contribution is 5.96. The molecule has 0 aromatic heterocycles. The third kappa shape index (κ3) is 6.63. The fourth-order valence-corrected chi connectivity index (χ4v) is 2.54. The normalized spacial score (nSPS) is 9.90. The second-order valence-corrected chi connectivity index (χ2v) is 6.19. The van der Waals surface area contributed by atoms with Gasteiger partial charge in [-0.3, -0.25) is 9.59 Å². The van der Waals surface area contributed by atoms with E-state index >= 15 is 0 Å². The van der Waals surface area contributed by atoms with Gasteiger partial charge in [-0.1, -0.05) is 0 Å². The largest absolute Gasteiger partial charge is 0.482 e. The van der Waals surface area contributed by atoms with Gasteiger partial charge in [0.1, 0.15) is 5.75 Å². The van der Waals surface area contributed by atoms with E-state index in [1.807, 2.05) is 19.9 Å². The Kier molecular flexibility index (Phi) is 8.39. The van der Waals surface area contributed by atoms with Crippen molar-refractivity contribution in [1.82, 2.24) is 4.90 Å². The van der Waals surface area contributed by atoms with Crippen molar-refractivity contribution < 1.29 is 23.9 Å². The van der Waals surface area contributed by atoms with Gasteiger partial charge in [-0.05, 0) is 62.4 Å². The number of rotatable bonds is 9. The maximum atomic E-state index is 12.3. The molecule has 8 nitrogen and oxygen atoms in total. The average molecular weight is 409 g/mol. The molecule has 0 spiro atoms. The van der Waals surface area contributed by atoms with Crippen molar-refractivity contribution in [3.05, 3.63) is 59.7 Å². The lowest BCUT2D eigenvalue weighted by molar-refractivity contribution is -0.149. The van der Waals surface area contributed by atoms with Crippen LogP contribution in [0.25, 0.3) is 0 Å². The minimum absolute atomic E-state index is 0.0749. The number of nitrogens with one attached hydrogen (secondary N) is 1. The highest BCUT2D eigenvalue weighted by Gasteiger charge is 2.13. The predicted octanol–water partition coefficient (Wildman–Crippen LogP) is 2.60. The van der Waals surface area contributed by atoms with E-state index in [1.54, 1.807) is 53.4 Å². The standard InChI is InChI=1S/C22H23N3O5/c1-3-25(4-2)22(28)17-7-9-18(10-8-17)24-20(26)14-30-21(27)15-29-19-11-5-16(13-23)6-12-19/h5-12H,3-4,14-15H2,1-2H3,(H,24,26).